The van der Waals surface area contributed by atoms with Crippen LogP contribution < -0.4 is 0 Å². The molecule has 0 aromatic carbocycles. The van der Waals surface area contributed by atoms with Crippen LogP contribution in [0.1, 0.15) is 376 Å². The van der Waals surface area contributed by atoms with Crippen LogP contribution in [0.3, 0.4) is 0 Å². The highest BCUT2D eigenvalue weighted by atomic mass is 19.4. The number of ether oxygens (including phenoxy) is 1. The second-order valence-electron chi connectivity index (χ2n) is 49.9. The standard InChI is InChI=1S/C10H22N2.2C10H21N.C9H15F3.C9H20N2.3C9H19N.C8H13F3.C8H17N.C7H15NO.C7H15N/c1-10(2,3)9-12-7-5-11(4)6-8-12;2*1-10(2,3)9-11-7-5-4-6-8-11;1-7(2,3)6-8(4-5-8)9(10,11)12;1-9(2,3)11-7-5-10(4)6-8-11;2*1-9(2,3)10-7-5-4-6-8-10;1-9(2)8-10-6-4-3-5-7-10;1-6(2,3)7(4-5-7)8(9,10)11;1-8(2)7-9-5-3-4-6-9;1-7(2)8-3-5-9-6-4-8;1-7(2)8-5-3-4-6-8/h5-9H2,1-4H3;2*4-9H2,1-3H3;4-6H2,1-3H3;5-8H2,1-4H3;2*4-8H2,1-3H3;9H,3-8H2,1-2H3;4-5H2,1-3H3;8H,3-7H2,1-2H3;7H,3-6H2,1-2H3;7H,3-6H2,1-2H3. The molecule has 19 heteroatoms. The molecular weight excluding hydrogens is 1560 g/mol. The Hall–Kier alpha value is -0.940. The summed E-state index contributed by atoms with van der Waals surface area (Å²) in [5.74, 6) is 1.70. The van der Waals surface area contributed by atoms with Crippen LogP contribution in [0, 0.1) is 49.7 Å². The molecule has 0 aromatic rings. The van der Waals surface area contributed by atoms with Gasteiger partial charge in [0, 0.05) is 127 Å². The minimum Gasteiger partial charge on any atom is -0.379 e. The summed E-state index contributed by atoms with van der Waals surface area (Å²) in [6, 6.07) is 1.46. The number of nitrogens with zero attached hydrogens (tertiary/aromatic N) is 12. The molecule has 0 spiro atoms. The molecule has 10 heterocycles. The summed E-state index contributed by atoms with van der Waals surface area (Å²) >= 11 is 0. The molecular formula is C105H216F6N12O. The van der Waals surface area contributed by atoms with Crippen molar-refractivity contribution in [2.75, 3.05) is 217 Å². The number of likely N-dealkylation sites (tertiary alicyclic amines) is 7. The number of alkyl halides is 6. The summed E-state index contributed by atoms with van der Waals surface area (Å²) < 4.78 is 79.7. The molecule has 10 aliphatic heterocycles. The highest BCUT2D eigenvalue weighted by Gasteiger charge is 2.68. The van der Waals surface area contributed by atoms with Gasteiger partial charge in [0.2, 0.25) is 0 Å². The van der Waals surface area contributed by atoms with Crippen LogP contribution in [0.25, 0.3) is 0 Å². The minimum atomic E-state index is -4.01. The molecule has 0 radical (unpaired) electrons. The van der Waals surface area contributed by atoms with Gasteiger partial charge in [0.05, 0.1) is 24.0 Å². The summed E-state index contributed by atoms with van der Waals surface area (Å²) in [5.41, 5.74) is -0.963. The van der Waals surface area contributed by atoms with Gasteiger partial charge in [-0.05, 0) is 357 Å². The van der Waals surface area contributed by atoms with Gasteiger partial charge in [0.25, 0.3) is 0 Å². The highest BCUT2D eigenvalue weighted by molar-refractivity contribution is 5.06. The number of halogens is 6. The van der Waals surface area contributed by atoms with Gasteiger partial charge in [-0.3, -0.25) is 19.6 Å². The summed E-state index contributed by atoms with van der Waals surface area (Å²) in [4.78, 5) is 30.4. The van der Waals surface area contributed by atoms with E-state index in [-0.39, 0.29) is 11.8 Å². The van der Waals surface area contributed by atoms with Crippen molar-refractivity contribution in [2.24, 2.45) is 49.7 Å². The first-order valence-electron chi connectivity index (χ1n) is 51.3. The van der Waals surface area contributed by atoms with Crippen molar-refractivity contribution in [3.05, 3.63) is 0 Å². The van der Waals surface area contributed by atoms with E-state index in [9.17, 15) is 26.3 Å². The van der Waals surface area contributed by atoms with E-state index in [1.807, 2.05) is 20.8 Å². The normalized spacial score (nSPS) is 22.7. The van der Waals surface area contributed by atoms with E-state index in [2.05, 4.69) is 253 Å². The fraction of sp³-hybridized carbons (Fsp3) is 1.00. The third kappa shape index (κ3) is 58.3. The van der Waals surface area contributed by atoms with Gasteiger partial charge in [-0.25, -0.2) is 0 Å². The van der Waals surface area contributed by atoms with Crippen molar-refractivity contribution in [3.8, 4) is 0 Å². The van der Waals surface area contributed by atoms with Gasteiger partial charge in [-0.15, -0.1) is 0 Å². The van der Waals surface area contributed by atoms with Crippen LogP contribution in [-0.2, 0) is 4.74 Å². The van der Waals surface area contributed by atoms with Gasteiger partial charge < -0.3 is 43.9 Å². The van der Waals surface area contributed by atoms with E-state index in [1.165, 1.54) is 299 Å². The molecule has 2 saturated carbocycles. The summed E-state index contributed by atoms with van der Waals surface area (Å²) in [6.07, 6.45) is 20.5. The first-order valence-corrected chi connectivity index (χ1v) is 51.3. The van der Waals surface area contributed by atoms with Crippen molar-refractivity contribution in [1.82, 2.24) is 58.8 Å². The third-order valence-corrected chi connectivity index (χ3v) is 26.2. The van der Waals surface area contributed by atoms with Crippen molar-refractivity contribution in [3.63, 3.8) is 0 Å². The number of piperidine rings is 5. The van der Waals surface area contributed by atoms with Gasteiger partial charge in [0.15, 0.2) is 0 Å². The molecule has 0 N–H and O–H groups in total. The Kier molecular flexibility index (Phi) is 57.0. The third-order valence-electron chi connectivity index (χ3n) is 26.2. The van der Waals surface area contributed by atoms with Crippen LogP contribution in [-0.4, -0.2) is 317 Å². The van der Waals surface area contributed by atoms with E-state index in [4.69, 9.17) is 4.74 Å². The molecule has 10 saturated heterocycles. The largest absolute Gasteiger partial charge is 0.395 e. The Balaban J connectivity index is 0.000000677. The van der Waals surface area contributed by atoms with Crippen molar-refractivity contribution in [1.29, 1.82) is 0 Å². The Morgan fingerprint density at radius 3 is 0.710 bits per heavy atom. The fourth-order valence-electron chi connectivity index (χ4n) is 18.7. The molecule has 0 bridgehead atoms. The Morgan fingerprint density at radius 1 is 0.266 bits per heavy atom. The molecule has 2 aliphatic carbocycles. The maximum absolute atomic E-state index is 12.4. The molecule has 744 valence electrons. The number of piperazine rings is 2. The van der Waals surface area contributed by atoms with Gasteiger partial charge in [0.1, 0.15) is 0 Å². The molecule has 0 amide bonds. The summed E-state index contributed by atoms with van der Waals surface area (Å²) in [6.45, 7) is 109. The van der Waals surface area contributed by atoms with Crippen LogP contribution in [0.15, 0.2) is 0 Å². The van der Waals surface area contributed by atoms with Crippen LogP contribution in [0.5, 0.6) is 0 Å². The zero-order valence-electron chi connectivity index (χ0n) is 89.2. The van der Waals surface area contributed by atoms with E-state index in [1.54, 1.807) is 20.8 Å². The lowest BCUT2D eigenvalue weighted by Gasteiger charge is -2.41. The van der Waals surface area contributed by atoms with Crippen molar-refractivity contribution >= 4 is 0 Å². The molecule has 0 aromatic heterocycles. The lowest BCUT2D eigenvalue weighted by Crippen LogP contribution is -2.52. The van der Waals surface area contributed by atoms with Crippen LogP contribution >= 0.6 is 0 Å². The topological polar surface area (TPSA) is 48.1 Å². The number of likely N-dealkylation sites (N-methyl/N-ethyl adjacent to an activating group) is 2. The van der Waals surface area contributed by atoms with E-state index >= 15 is 0 Å². The first kappa shape index (κ1) is 121. The second-order valence-corrected chi connectivity index (χ2v) is 49.9. The first-order chi connectivity index (χ1) is 56.9. The predicted octanol–water partition coefficient (Wildman–Crippen LogP) is 25.1. The van der Waals surface area contributed by atoms with Crippen molar-refractivity contribution < 1.29 is 31.1 Å². The SMILES string of the molecule is CC(C)(C)C1(C(F)(F)F)CC1.CC(C)(C)CC1(C(F)(F)F)CC1.CC(C)(C)CN1CCCCC1.CC(C)(C)CN1CCCCC1.CC(C)(C)N1CCCCC1.CC(C)(C)N1CCCCC1.CC(C)CN1CCCC1.CC(C)CN1CCCCC1.CC(C)N1CCCC1.CC(C)N1CCOCC1.CN1CCN(C(C)(C)C)CC1.CN1CCN(CC(C)(C)C)CC1. The number of hydrogen-bond donors (Lipinski definition) is 0. The quantitative estimate of drug-likeness (QED) is 0.195. The molecule has 12 fully saturated rings. The zero-order chi connectivity index (χ0) is 94.8. The summed E-state index contributed by atoms with van der Waals surface area (Å²) in [7, 11) is 4.40. The zero-order valence-corrected chi connectivity index (χ0v) is 89.2. The lowest BCUT2D eigenvalue weighted by atomic mass is 9.77. The lowest BCUT2D eigenvalue weighted by molar-refractivity contribution is -0.215. The number of rotatable bonds is 10. The Bertz CT molecular complexity index is 2470. The van der Waals surface area contributed by atoms with E-state index in [0.717, 1.165) is 44.2 Å². The molecule has 12 rings (SSSR count). The molecule has 124 heavy (non-hydrogen) atoms. The van der Waals surface area contributed by atoms with E-state index in [0.29, 0.717) is 64.6 Å². The Morgan fingerprint density at radius 2 is 0.516 bits per heavy atom. The molecule has 0 unspecified atom stereocenters. The molecule has 13 nitrogen and oxygen atoms in total. The molecule has 0 atom stereocenters. The predicted molar refractivity (Wildman–Crippen MR) is 530 cm³/mol. The van der Waals surface area contributed by atoms with Gasteiger partial charge >= 0.3 is 12.4 Å². The maximum Gasteiger partial charge on any atom is 0.395 e. The molecule has 12 aliphatic rings. The second kappa shape index (κ2) is 58.4. The highest BCUT2D eigenvalue weighted by Crippen LogP contribution is 2.67. The fourth-order valence-corrected chi connectivity index (χ4v) is 18.7. The van der Waals surface area contributed by atoms with Gasteiger partial charge in [-0.2, -0.15) is 26.3 Å². The smallest absolute Gasteiger partial charge is 0.379 e. The minimum absolute atomic E-state index is 0.216. The Labute approximate surface area is 769 Å². The van der Waals surface area contributed by atoms with Gasteiger partial charge in [-0.1, -0.05) is 164 Å². The number of hydrogen-bond acceptors (Lipinski definition) is 13. The van der Waals surface area contributed by atoms with Crippen LogP contribution in [0.4, 0.5) is 26.3 Å². The average Bonchev–Trinajstić information content (AvgIpc) is 1.82. The van der Waals surface area contributed by atoms with E-state index < -0.39 is 28.6 Å². The monoisotopic (exact) mass is 1780 g/mol. The maximum atomic E-state index is 12.4. The summed E-state index contributed by atoms with van der Waals surface area (Å²) in [5, 5.41) is 0. The average molecular weight is 1780 g/mol. The van der Waals surface area contributed by atoms with Crippen molar-refractivity contribution in [2.45, 2.75) is 417 Å². The van der Waals surface area contributed by atoms with Crippen LogP contribution in [0.2, 0.25) is 0 Å². The number of morpholine rings is 1.